The van der Waals surface area contributed by atoms with Crippen LogP contribution in [0.3, 0.4) is 0 Å². The second kappa shape index (κ2) is 5.48. The van der Waals surface area contributed by atoms with Gasteiger partial charge in [-0.3, -0.25) is 0 Å². The van der Waals surface area contributed by atoms with Gasteiger partial charge in [-0.2, -0.15) is 0 Å². The topological polar surface area (TPSA) is 43.4 Å². The van der Waals surface area contributed by atoms with Crippen molar-refractivity contribution in [1.82, 2.24) is 0 Å². The van der Waals surface area contributed by atoms with E-state index in [-0.39, 0.29) is 11.3 Å². The molecular weight excluding hydrogens is 230 g/mol. The fourth-order valence-electron chi connectivity index (χ4n) is 2.44. The molecule has 0 bridgehead atoms. The molecule has 2 saturated carbocycles. The molecule has 5 heteroatoms. The van der Waals surface area contributed by atoms with Gasteiger partial charge < -0.3 is 0 Å². The minimum absolute atomic E-state index is 0.181. The van der Waals surface area contributed by atoms with Crippen LogP contribution in [0.15, 0.2) is 0 Å². The van der Waals surface area contributed by atoms with Crippen molar-refractivity contribution in [2.75, 3.05) is 0 Å². The Labute approximate surface area is 92.7 Å². The quantitative estimate of drug-likeness (QED) is 0.693. The number of rotatable bonds is 4. The van der Waals surface area contributed by atoms with Crippen molar-refractivity contribution in [2.45, 2.75) is 62.7 Å². The van der Waals surface area contributed by atoms with Gasteiger partial charge in [-0.25, -0.2) is 0 Å². The summed E-state index contributed by atoms with van der Waals surface area (Å²) in [5, 5.41) is 0. The van der Waals surface area contributed by atoms with Gasteiger partial charge in [0.15, 0.2) is 11.3 Å². The molecule has 0 spiro atoms. The molecule has 2 aliphatic rings. The smallest absolute Gasteiger partial charge is 0.0487 e. The van der Waals surface area contributed by atoms with Crippen LogP contribution in [0.2, 0.25) is 0 Å². The van der Waals surface area contributed by atoms with Crippen molar-refractivity contribution in [3.63, 3.8) is 0 Å². The van der Waals surface area contributed by atoms with Crippen molar-refractivity contribution in [3.8, 4) is 0 Å². The van der Waals surface area contributed by atoms with Gasteiger partial charge in [0, 0.05) is 0 Å². The first-order valence-corrected chi connectivity index (χ1v) is 8.37. The molecule has 0 aromatic rings. The van der Waals surface area contributed by atoms with E-state index in [1.165, 1.54) is 0 Å². The molecule has 2 rings (SSSR count). The van der Waals surface area contributed by atoms with Crippen LogP contribution in [0.5, 0.6) is 0 Å². The number of hydrogen-bond donors (Lipinski definition) is 0. The predicted molar refractivity (Wildman–Crippen MR) is 60.8 cm³/mol. The molecule has 0 aliphatic heterocycles. The highest BCUT2D eigenvalue weighted by Gasteiger charge is 2.48. The molecule has 0 heterocycles. The average Bonchev–Trinajstić information content (AvgIpc) is 2.91. The summed E-state index contributed by atoms with van der Waals surface area (Å²) in [7, 11) is -3.34. The van der Waals surface area contributed by atoms with Crippen molar-refractivity contribution in [1.29, 1.82) is 0 Å². The van der Waals surface area contributed by atoms with Crippen LogP contribution >= 0.6 is 16.1 Å². The van der Waals surface area contributed by atoms with Crippen molar-refractivity contribution >= 4 is 16.1 Å². The maximum Gasteiger partial charge on any atom is 0.564 e. The maximum absolute atomic E-state index is 11.8. The molecule has 2 atom stereocenters. The first-order valence-electron chi connectivity index (χ1n) is 5.88. The van der Waals surface area contributed by atoms with Gasteiger partial charge in [-0.1, -0.05) is 0 Å². The van der Waals surface area contributed by atoms with E-state index in [2.05, 4.69) is 0 Å². The van der Waals surface area contributed by atoms with Gasteiger partial charge in [0.25, 0.3) is 0 Å². The summed E-state index contributed by atoms with van der Waals surface area (Å²) in [6.07, 6.45) is 8.55. The molecule has 2 fully saturated rings. The molecule has 15 heavy (non-hydrogen) atoms. The van der Waals surface area contributed by atoms with E-state index in [0.29, 0.717) is 0 Å². The van der Waals surface area contributed by atoms with Crippen LogP contribution in [-0.2, 0) is 13.4 Å². The lowest BCUT2D eigenvalue weighted by molar-refractivity contribution is 0.470. The van der Waals surface area contributed by atoms with Gasteiger partial charge in [0.05, 0.1) is 0 Å². The highest BCUT2D eigenvalue weighted by Crippen LogP contribution is 2.51. The van der Waals surface area contributed by atoms with Gasteiger partial charge in [-0.15, -0.1) is 0 Å². The summed E-state index contributed by atoms with van der Waals surface area (Å²) in [6.45, 7) is 0. The van der Waals surface area contributed by atoms with E-state index >= 15 is 0 Å². The van der Waals surface area contributed by atoms with Crippen LogP contribution in [0.1, 0.15) is 51.4 Å². The molecule has 0 aromatic heterocycles. The van der Waals surface area contributed by atoms with Crippen LogP contribution in [-0.4, -0.2) is 11.3 Å². The summed E-state index contributed by atoms with van der Waals surface area (Å²) < 4.78 is 28.7. The summed E-state index contributed by atoms with van der Waals surface area (Å²) in [6, 6.07) is 0. The predicted octanol–water partition coefficient (Wildman–Crippen LogP) is 4.37. The Kier molecular flexibility index (Phi) is 4.25. The highest BCUT2D eigenvalue weighted by atomic mass is 31.2. The fourth-order valence-corrected chi connectivity index (χ4v) is 5.72. The van der Waals surface area contributed by atoms with E-state index < -0.39 is 16.1 Å². The summed E-state index contributed by atoms with van der Waals surface area (Å²) in [4.78, 5) is 0. The molecular formula is C10H18O3P2+2. The Bertz CT molecular complexity index is 229. The van der Waals surface area contributed by atoms with E-state index in [9.17, 15) is 9.13 Å². The summed E-state index contributed by atoms with van der Waals surface area (Å²) in [5.41, 5.74) is 0.362. The first-order chi connectivity index (χ1) is 7.27. The van der Waals surface area contributed by atoms with Crippen molar-refractivity contribution in [3.05, 3.63) is 0 Å². The Balaban J connectivity index is 1.79. The third-order valence-corrected chi connectivity index (χ3v) is 6.92. The van der Waals surface area contributed by atoms with Crippen LogP contribution < -0.4 is 0 Å². The van der Waals surface area contributed by atoms with Gasteiger partial charge in [0.1, 0.15) is 4.31 Å². The molecule has 3 nitrogen and oxygen atoms in total. The molecule has 0 N–H and O–H groups in total. The zero-order chi connectivity index (χ0) is 10.7. The molecule has 84 valence electrons. The standard InChI is InChI=1S/C10H18O3P2/c11-14(9-5-1-2-6-9)13-15(12)10-7-3-4-8-10/h9-10H,1-8H2/q+2. The average molecular weight is 248 g/mol. The van der Waals surface area contributed by atoms with E-state index in [4.69, 9.17) is 4.31 Å². The Morgan fingerprint density at radius 1 is 0.733 bits per heavy atom. The van der Waals surface area contributed by atoms with E-state index in [0.717, 1.165) is 51.4 Å². The van der Waals surface area contributed by atoms with Crippen LogP contribution in [0.4, 0.5) is 0 Å². The van der Waals surface area contributed by atoms with Gasteiger partial charge in [-0.05, 0) is 60.5 Å². The molecule has 0 radical (unpaired) electrons. The van der Waals surface area contributed by atoms with E-state index in [1.807, 2.05) is 0 Å². The second-order valence-corrected chi connectivity index (χ2v) is 7.78. The lowest BCUT2D eigenvalue weighted by Crippen LogP contribution is -1.97. The van der Waals surface area contributed by atoms with E-state index in [1.54, 1.807) is 0 Å². The minimum atomic E-state index is -1.67. The van der Waals surface area contributed by atoms with Gasteiger partial charge in [0.2, 0.25) is 0 Å². The van der Waals surface area contributed by atoms with Crippen molar-refractivity contribution in [2.24, 2.45) is 0 Å². The second-order valence-electron chi connectivity index (χ2n) is 4.53. The third kappa shape index (κ3) is 3.06. The normalized spacial score (nSPS) is 25.9. The molecule has 0 amide bonds. The monoisotopic (exact) mass is 248 g/mol. The molecule has 2 aliphatic carbocycles. The van der Waals surface area contributed by atoms with Crippen LogP contribution in [0.25, 0.3) is 0 Å². The minimum Gasteiger partial charge on any atom is -0.0487 e. The Hall–Kier alpha value is 0.160. The largest absolute Gasteiger partial charge is 0.564 e. The summed E-state index contributed by atoms with van der Waals surface area (Å²) >= 11 is 0. The number of hydrogen-bond acceptors (Lipinski definition) is 3. The first kappa shape index (κ1) is 11.6. The van der Waals surface area contributed by atoms with Crippen molar-refractivity contribution < 1.29 is 13.4 Å². The van der Waals surface area contributed by atoms with Crippen LogP contribution in [0, 0.1) is 0 Å². The molecule has 0 saturated heterocycles. The molecule has 0 aromatic carbocycles. The maximum atomic E-state index is 11.8. The summed E-state index contributed by atoms with van der Waals surface area (Å²) in [5.74, 6) is 0. The Morgan fingerprint density at radius 2 is 1.07 bits per heavy atom. The fraction of sp³-hybridized carbons (Fsp3) is 1.00. The SMILES string of the molecule is O=[P+](O[P+](=O)C1CCCC1)C1CCCC1. The molecule has 2 unspecified atom stereocenters. The highest BCUT2D eigenvalue weighted by molar-refractivity contribution is 7.53. The Morgan fingerprint density at radius 3 is 1.40 bits per heavy atom. The lowest BCUT2D eigenvalue weighted by Gasteiger charge is -1.91. The van der Waals surface area contributed by atoms with Gasteiger partial charge >= 0.3 is 16.1 Å². The zero-order valence-electron chi connectivity index (χ0n) is 8.93. The zero-order valence-corrected chi connectivity index (χ0v) is 10.7. The third-order valence-electron chi connectivity index (χ3n) is 3.41. The lowest BCUT2D eigenvalue weighted by atomic mass is 10.4.